The minimum absolute atomic E-state index is 0.0154. The van der Waals surface area contributed by atoms with Gasteiger partial charge in [0.25, 0.3) is 5.91 Å². The van der Waals surface area contributed by atoms with Crippen LogP contribution >= 0.6 is 0 Å². The Bertz CT molecular complexity index is 570. The number of nitrogens with one attached hydrogen (secondary N) is 1. The summed E-state index contributed by atoms with van der Waals surface area (Å²) in [4.78, 5) is 23.8. The van der Waals surface area contributed by atoms with Crippen molar-refractivity contribution < 1.29 is 14.7 Å². The normalized spacial score (nSPS) is 16.7. The fourth-order valence-corrected chi connectivity index (χ4v) is 3.64. The predicted molar refractivity (Wildman–Crippen MR) is 87.5 cm³/mol. The zero-order chi connectivity index (χ0) is 17.0. The van der Waals surface area contributed by atoms with Crippen LogP contribution in [-0.4, -0.2) is 32.3 Å². The molecule has 0 unspecified atom stereocenters. The maximum Gasteiger partial charge on any atom is 0.305 e. The Morgan fingerprint density at radius 2 is 1.96 bits per heavy atom. The molecule has 6 heteroatoms. The van der Waals surface area contributed by atoms with Crippen LogP contribution < -0.4 is 5.32 Å². The molecule has 1 heterocycles. The summed E-state index contributed by atoms with van der Waals surface area (Å²) in [5.74, 6) is -1.07. The molecular weight excluding hydrogens is 294 g/mol. The molecule has 0 aliphatic heterocycles. The highest BCUT2D eigenvalue weighted by molar-refractivity contribution is 5.95. The lowest BCUT2D eigenvalue weighted by Crippen LogP contribution is -2.47. The molecule has 23 heavy (non-hydrogen) atoms. The Hall–Kier alpha value is -1.85. The number of carboxylic acids is 1. The monoisotopic (exact) mass is 321 g/mol. The highest BCUT2D eigenvalue weighted by atomic mass is 16.4. The molecule has 0 spiro atoms. The predicted octanol–water partition coefficient (Wildman–Crippen LogP) is 3.07. The van der Waals surface area contributed by atoms with Gasteiger partial charge in [-0.15, -0.1) is 0 Å². The van der Waals surface area contributed by atoms with Crippen molar-refractivity contribution in [3.8, 4) is 0 Å². The Balaban J connectivity index is 2.18. The molecule has 2 rings (SSSR count). The fraction of sp³-hybridized carbons (Fsp3) is 0.706. The lowest BCUT2D eigenvalue weighted by molar-refractivity contribution is -0.138. The molecule has 0 aromatic carbocycles. The average Bonchev–Trinajstić information content (AvgIpc) is 3.08. The van der Waals surface area contributed by atoms with Crippen molar-refractivity contribution in [1.82, 2.24) is 15.1 Å². The van der Waals surface area contributed by atoms with Gasteiger partial charge in [0, 0.05) is 5.69 Å². The van der Waals surface area contributed by atoms with E-state index in [1.807, 2.05) is 11.6 Å². The van der Waals surface area contributed by atoms with E-state index in [-0.39, 0.29) is 18.4 Å². The van der Waals surface area contributed by atoms with Crippen LogP contribution in [0.2, 0.25) is 0 Å². The van der Waals surface area contributed by atoms with E-state index in [0.717, 1.165) is 44.2 Å². The Kier molecular flexibility index (Phi) is 5.44. The molecule has 0 saturated heterocycles. The number of aliphatic carboxylic acids is 1. The molecular formula is C17H27N3O3. The van der Waals surface area contributed by atoms with E-state index in [2.05, 4.69) is 24.3 Å². The maximum absolute atomic E-state index is 12.7. The van der Waals surface area contributed by atoms with Crippen LogP contribution in [0.5, 0.6) is 0 Å². The minimum atomic E-state index is -0.864. The van der Waals surface area contributed by atoms with E-state index < -0.39 is 11.5 Å². The average molecular weight is 321 g/mol. The highest BCUT2D eigenvalue weighted by Gasteiger charge is 2.38. The first-order chi connectivity index (χ1) is 10.9. The van der Waals surface area contributed by atoms with Crippen LogP contribution in [0.3, 0.4) is 0 Å². The zero-order valence-electron chi connectivity index (χ0n) is 14.3. The largest absolute Gasteiger partial charge is 0.481 e. The fourth-order valence-electron chi connectivity index (χ4n) is 3.64. The number of hydrogen-bond donors (Lipinski definition) is 2. The van der Waals surface area contributed by atoms with Gasteiger partial charge in [0.2, 0.25) is 0 Å². The molecule has 1 aliphatic rings. The number of rotatable bonds is 7. The number of nitrogens with zero attached hydrogens (tertiary/aromatic N) is 2. The molecule has 1 amide bonds. The summed E-state index contributed by atoms with van der Waals surface area (Å²) >= 11 is 0. The third-order valence-corrected chi connectivity index (χ3v) is 5.01. The quantitative estimate of drug-likeness (QED) is 0.808. The van der Waals surface area contributed by atoms with Crippen molar-refractivity contribution in [3.63, 3.8) is 0 Å². The molecule has 0 radical (unpaired) electrons. The van der Waals surface area contributed by atoms with E-state index in [1.165, 1.54) is 0 Å². The van der Waals surface area contributed by atoms with Crippen molar-refractivity contribution >= 4 is 11.9 Å². The Morgan fingerprint density at radius 3 is 2.48 bits per heavy atom. The summed E-state index contributed by atoms with van der Waals surface area (Å²) in [5, 5.41) is 16.5. The molecule has 128 valence electrons. The Labute approximate surface area is 137 Å². The summed E-state index contributed by atoms with van der Waals surface area (Å²) in [6, 6.07) is 0.288. The summed E-state index contributed by atoms with van der Waals surface area (Å²) in [7, 11) is 0. The first-order valence-corrected chi connectivity index (χ1v) is 8.51. The number of aromatic nitrogens is 2. The maximum atomic E-state index is 12.7. The summed E-state index contributed by atoms with van der Waals surface area (Å²) < 4.78 is 1.91. The van der Waals surface area contributed by atoms with Crippen LogP contribution in [0.1, 0.15) is 80.9 Å². The second-order valence-corrected chi connectivity index (χ2v) is 6.57. The second-order valence-electron chi connectivity index (χ2n) is 6.57. The van der Waals surface area contributed by atoms with Gasteiger partial charge < -0.3 is 10.4 Å². The van der Waals surface area contributed by atoms with Crippen LogP contribution in [-0.2, 0) is 4.79 Å². The van der Waals surface area contributed by atoms with Gasteiger partial charge in [0.05, 0.1) is 29.8 Å². The summed E-state index contributed by atoms with van der Waals surface area (Å²) in [6.45, 7) is 6.11. The van der Waals surface area contributed by atoms with E-state index in [9.17, 15) is 9.59 Å². The van der Waals surface area contributed by atoms with Crippen molar-refractivity contribution in [1.29, 1.82) is 0 Å². The number of carbonyl (C=O) groups is 2. The second kappa shape index (κ2) is 7.15. The molecule has 2 N–H and O–H groups in total. The third-order valence-electron chi connectivity index (χ3n) is 5.01. The Morgan fingerprint density at radius 1 is 1.35 bits per heavy atom. The molecule has 1 aromatic heterocycles. The topological polar surface area (TPSA) is 84.2 Å². The number of carbonyl (C=O) groups excluding carboxylic acids is 1. The first kappa shape index (κ1) is 17.5. The molecule has 1 aromatic rings. The highest BCUT2D eigenvalue weighted by Crippen LogP contribution is 2.33. The molecule has 6 nitrogen and oxygen atoms in total. The summed E-state index contributed by atoms with van der Waals surface area (Å²) in [6.07, 6.45) is 6.88. The lowest BCUT2D eigenvalue weighted by Gasteiger charge is -2.28. The van der Waals surface area contributed by atoms with Crippen molar-refractivity contribution in [2.75, 3.05) is 0 Å². The van der Waals surface area contributed by atoms with E-state index in [1.54, 1.807) is 6.20 Å². The third kappa shape index (κ3) is 3.74. The van der Waals surface area contributed by atoms with Gasteiger partial charge >= 0.3 is 5.97 Å². The van der Waals surface area contributed by atoms with Crippen molar-refractivity contribution in [3.05, 3.63) is 17.5 Å². The molecule has 1 saturated carbocycles. The van der Waals surface area contributed by atoms with Crippen LogP contribution in [0.4, 0.5) is 0 Å². The van der Waals surface area contributed by atoms with Gasteiger partial charge in [-0.1, -0.05) is 26.7 Å². The van der Waals surface area contributed by atoms with E-state index >= 15 is 0 Å². The first-order valence-electron chi connectivity index (χ1n) is 8.51. The summed E-state index contributed by atoms with van der Waals surface area (Å²) in [5.41, 5.74) is 0.792. The lowest BCUT2D eigenvalue weighted by atomic mass is 9.92. The van der Waals surface area contributed by atoms with Gasteiger partial charge in [0.1, 0.15) is 0 Å². The van der Waals surface area contributed by atoms with Gasteiger partial charge in [-0.05, 0) is 32.6 Å². The van der Waals surface area contributed by atoms with E-state index in [4.69, 9.17) is 5.11 Å². The van der Waals surface area contributed by atoms with Gasteiger partial charge in [-0.25, -0.2) is 0 Å². The zero-order valence-corrected chi connectivity index (χ0v) is 14.3. The van der Waals surface area contributed by atoms with E-state index in [0.29, 0.717) is 5.56 Å². The molecule has 0 bridgehead atoms. The number of hydrogen-bond acceptors (Lipinski definition) is 3. The molecule has 1 aliphatic carbocycles. The van der Waals surface area contributed by atoms with Crippen molar-refractivity contribution in [2.45, 2.75) is 77.3 Å². The van der Waals surface area contributed by atoms with Crippen molar-refractivity contribution in [2.24, 2.45) is 0 Å². The number of carboxylic acid groups (broad SMARTS) is 1. The minimum Gasteiger partial charge on any atom is -0.481 e. The standard InChI is InChI=1S/C17H27N3O3/c1-4-13(5-2)20-12(3)14(11-18-20)16(23)19-17(10-15(21)22)8-6-7-9-17/h11,13H,4-10H2,1-3H3,(H,19,23)(H,21,22). The SMILES string of the molecule is CCC(CC)n1ncc(C(=O)NC2(CC(=O)O)CCCC2)c1C. The van der Waals surface area contributed by atoms with Crippen LogP contribution in [0.25, 0.3) is 0 Å². The molecule has 0 atom stereocenters. The smallest absolute Gasteiger partial charge is 0.305 e. The van der Waals surface area contributed by atoms with Crippen LogP contribution in [0.15, 0.2) is 6.20 Å². The van der Waals surface area contributed by atoms with Gasteiger partial charge in [0.15, 0.2) is 0 Å². The van der Waals surface area contributed by atoms with Gasteiger partial charge in [-0.2, -0.15) is 5.10 Å². The van der Waals surface area contributed by atoms with Crippen LogP contribution in [0, 0.1) is 6.92 Å². The molecule has 1 fully saturated rings. The number of amides is 1. The van der Waals surface area contributed by atoms with Gasteiger partial charge in [-0.3, -0.25) is 14.3 Å².